The molecule has 0 radical (unpaired) electrons. The highest BCUT2D eigenvalue weighted by molar-refractivity contribution is 7.80. The molecule has 0 N–H and O–H groups in total. The minimum absolute atomic E-state index is 0.848. The summed E-state index contributed by atoms with van der Waals surface area (Å²) in [5, 5.41) is 0. The summed E-state index contributed by atoms with van der Waals surface area (Å²) in [5.41, 5.74) is 0. The highest BCUT2D eigenvalue weighted by Crippen LogP contribution is 2.24. The Kier molecular flexibility index (Phi) is 6.83. The minimum atomic E-state index is 0.848. The Morgan fingerprint density at radius 1 is 1.12 bits per heavy atom. The molecule has 1 aliphatic heterocycles. The first-order chi connectivity index (χ1) is 7.63. The monoisotopic (exact) mass is 243 g/mol. The van der Waals surface area contributed by atoms with E-state index in [9.17, 15) is 0 Å². The molecule has 16 heavy (non-hydrogen) atoms. The van der Waals surface area contributed by atoms with Crippen LogP contribution in [0.3, 0.4) is 0 Å². The third-order valence-electron chi connectivity index (χ3n) is 4.14. The quantitative estimate of drug-likeness (QED) is 0.696. The van der Waals surface area contributed by atoms with Crippen LogP contribution in [-0.2, 0) is 0 Å². The summed E-state index contributed by atoms with van der Waals surface area (Å²) in [6, 6.07) is 0. The number of hydrogen-bond donors (Lipinski definition) is 1. The first kappa shape index (κ1) is 14.4. The van der Waals surface area contributed by atoms with Crippen LogP contribution in [0.4, 0.5) is 0 Å². The molecule has 0 amide bonds. The molecule has 1 unspecified atom stereocenters. The van der Waals surface area contributed by atoms with Gasteiger partial charge in [-0.3, -0.25) is 0 Å². The van der Waals surface area contributed by atoms with Crippen LogP contribution in [0.5, 0.6) is 0 Å². The highest BCUT2D eigenvalue weighted by atomic mass is 32.1. The topological polar surface area (TPSA) is 3.24 Å². The Balaban J connectivity index is 2.12. The Morgan fingerprint density at radius 2 is 1.75 bits per heavy atom. The van der Waals surface area contributed by atoms with Crippen molar-refractivity contribution in [2.45, 2.75) is 46.5 Å². The third kappa shape index (κ3) is 5.09. The lowest BCUT2D eigenvalue weighted by atomic mass is 9.86. The number of hydrogen-bond acceptors (Lipinski definition) is 2. The molecule has 2 heteroatoms. The molecule has 1 nitrogen and oxygen atoms in total. The van der Waals surface area contributed by atoms with Crippen molar-refractivity contribution in [3.05, 3.63) is 0 Å². The van der Waals surface area contributed by atoms with Crippen molar-refractivity contribution in [1.82, 2.24) is 4.90 Å². The minimum Gasteiger partial charge on any atom is -0.303 e. The summed E-state index contributed by atoms with van der Waals surface area (Å²) in [4.78, 5) is 2.66. The van der Waals surface area contributed by atoms with Crippen molar-refractivity contribution in [3.63, 3.8) is 0 Å². The van der Waals surface area contributed by atoms with E-state index in [0.717, 1.165) is 23.5 Å². The SMILES string of the molecule is CC(CCS)CCN1CCC(C(C)C)CC1. The number of rotatable bonds is 6. The highest BCUT2D eigenvalue weighted by Gasteiger charge is 2.21. The average molecular weight is 243 g/mol. The second-order valence-corrected chi connectivity index (χ2v) is 6.28. The summed E-state index contributed by atoms with van der Waals surface area (Å²) in [6.45, 7) is 11.1. The van der Waals surface area contributed by atoms with Crippen molar-refractivity contribution >= 4 is 12.6 Å². The predicted octanol–water partition coefficient (Wildman–Crippen LogP) is 3.70. The number of nitrogens with zero attached hydrogens (tertiary/aromatic N) is 1. The van der Waals surface area contributed by atoms with Crippen molar-refractivity contribution in [3.8, 4) is 0 Å². The van der Waals surface area contributed by atoms with E-state index in [-0.39, 0.29) is 0 Å². The van der Waals surface area contributed by atoms with Gasteiger partial charge in [0, 0.05) is 0 Å². The van der Waals surface area contributed by atoms with Crippen LogP contribution in [0.15, 0.2) is 0 Å². The molecule has 96 valence electrons. The Bertz CT molecular complexity index is 174. The molecule has 0 aromatic rings. The molecule has 0 spiro atoms. The number of piperidine rings is 1. The molecule has 1 heterocycles. The van der Waals surface area contributed by atoms with Crippen molar-refractivity contribution in [1.29, 1.82) is 0 Å². The van der Waals surface area contributed by atoms with Gasteiger partial charge >= 0.3 is 0 Å². The fourth-order valence-corrected chi connectivity index (χ4v) is 3.05. The van der Waals surface area contributed by atoms with E-state index < -0.39 is 0 Å². The lowest BCUT2D eigenvalue weighted by Gasteiger charge is -2.34. The van der Waals surface area contributed by atoms with Crippen LogP contribution in [0, 0.1) is 17.8 Å². The van der Waals surface area contributed by atoms with Gasteiger partial charge in [0.2, 0.25) is 0 Å². The summed E-state index contributed by atoms with van der Waals surface area (Å²) >= 11 is 4.30. The van der Waals surface area contributed by atoms with E-state index in [1.807, 2.05) is 0 Å². The van der Waals surface area contributed by atoms with E-state index in [2.05, 4.69) is 38.3 Å². The molecule has 1 saturated heterocycles. The summed E-state index contributed by atoms with van der Waals surface area (Å²) in [6.07, 6.45) is 5.45. The molecule has 0 aromatic carbocycles. The van der Waals surface area contributed by atoms with Crippen LogP contribution in [0.2, 0.25) is 0 Å². The molecule has 1 rings (SSSR count). The van der Waals surface area contributed by atoms with Gasteiger partial charge in [0.25, 0.3) is 0 Å². The third-order valence-corrected chi connectivity index (χ3v) is 4.39. The standard InChI is InChI=1S/C14H29NS/c1-12(2)14-5-9-15(10-6-14)8-4-13(3)7-11-16/h12-14,16H,4-11H2,1-3H3. The zero-order valence-corrected chi connectivity index (χ0v) is 12.2. The second kappa shape index (κ2) is 7.60. The van der Waals surface area contributed by atoms with Gasteiger partial charge < -0.3 is 4.90 Å². The summed E-state index contributed by atoms with van der Waals surface area (Å²) in [5.74, 6) is 3.74. The molecule has 0 bridgehead atoms. The van der Waals surface area contributed by atoms with Gasteiger partial charge in [-0.1, -0.05) is 20.8 Å². The fraction of sp³-hybridized carbons (Fsp3) is 1.00. The van der Waals surface area contributed by atoms with E-state index in [0.29, 0.717) is 0 Å². The zero-order valence-electron chi connectivity index (χ0n) is 11.3. The van der Waals surface area contributed by atoms with Crippen LogP contribution in [-0.4, -0.2) is 30.3 Å². The zero-order chi connectivity index (χ0) is 12.0. The van der Waals surface area contributed by atoms with Crippen LogP contribution in [0.25, 0.3) is 0 Å². The van der Waals surface area contributed by atoms with E-state index in [1.165, 1.54) is 45.3 Å². The number of likely N-dealkylation sites (tertiary alicyclic amines) is 1. The molecular weight excluding hydrogens is 214 g/mol. The molecule has 1 aliphatic rings. The van der Waals surface area contributed by atoms with Gasteiger partial charge in [-0.05, 0) is 68.8 Å². The maximum Gasteiger partial charge on any atom is -0.00160 e. The Labute approximate surface area is 107 Å². The van der Waals surface area contributed by atoms with Crippen molar-refractivity contribution < 1.29 is 0 Å². The first-order valence-electron chi connectivity index (χ1n) is 6.96. The van der Waals surface area contributed by atoms with Gasteiger partial charge in [0.1, 0.15) is 0 Å². The molecule has 0 aliphatic carbocycles. The van der Waals surface area contributed by atoms with Crippen molar-refractivity contribution in [2.75, 3.05) is 25.4 Å². The molecule has 0 aromatic heterocycles. The number of thiol groups is 1. The maximum absolute atomic E-state index is 4.30. The summed E-state index contributed by atoms with van der Waals surface area (Å²) in [7, 11) is 0. The Morgan fingerprint density at radius 3 is 2.25 bits per heavy atom. The lowest BCUT2D eigenvalue weighted by Crippen LogP contribution is -2.36. The van der Waals surface area contributed by atoms with E-state index in [1.54, 1.807) is 0 Å². The van der Waals surface area contributed by atoms with Crippen LogP contribution in [0.1, 0.15) is 46.5 Å². The molecular formula is C14H29NS. The molecule has 0 saturated carbocycles. The smallest absolute Gasteiger partial charge is 0.00160 e. The van der Waals surface area contributed by atoms with Gasteiger partial charge in [0.05, 0.1) is 0 Å². The predicted molar refractivity (Wildman–Crippen MR) is 76.3 cm³/mol. The molecule has 1 fully saturated rings. The maximum atomic E-state index is 4.30. The van der Waals surface area contributed by atoms with Crippen LogP contribution >= 0.6 is 12.6 Å². The van der Waals surface area contributed by atoms with Gasteiger partial charge in [-0.25, -0.2) is 0 Å². The Hall–Kier alpha value is 0.310. The second-order valence-electron chi connectivity index (χ2n) is 5.83. The summed E-state index contributed by atoms with van der Waals surface area (Å²) < 4.78 is 0. The average Bonchev–Trinajstić information content (AvgIpc) is 2.27. The van der Waals surface area contributed by atoms with Crippen LogP contribution < -0.4 is 0 Å². The van der Waals surface area contributed by atoms with E-state index in [4.69, 9.17) is 0 Å². The van der Waals surface area contributed by atoms with Gasteiger partial charge in [0.15, 0.2) is 0 Å². The largest absolute Gasteiger partial charge is 0.303 e. The van der Waals surface area contributed by atoms with Gasteiger partial charge in [-0.15, -0.1) is 0 Å². The molecule has 1 atom stereocenters. The van der Waals surface area contributed by atoms with E-state index >= 15 is 0 Å². The fourth-order valence-electron chi connectivity index (χ4n) is 2.61. The lowest BCUT2D eigenvalue weighted by molar-refractivity contribution is 0.151. The van der Waals surface area contributed by atoms with Crippen molar-refractivity contribution in [2.24, 2.45) is 17.8 Å². The normalized spacial score (nSPS) is 21.6. The van der Waals surface area contributed by atoms with Gasteiger partial charge in [-0.2, -0.15) is 12.6 Å². The first-order valence-corrected chi connectivity index (χ1v) is 7.60.